The van der Waals surface area contributed by atoms with E-state index in [9.17, 15) is 9.59 Å². The highest BCUT2D eigenvalue weighted by molar-refractivity contribution is 5.96. The minimum absolute atomic E-state index is 0.0400. The number of hydrogen-bond acceptors (Lipinski definition) is 9. The number of anilines is 4. The minimum Gasteiger partial charge on any atom is -0.387 e. The van der Waals surface area contributed by atoms with Crippen molar-refractivity contribution in [1.29, 1.82) is 0 Å². The van der Waals surface area contributed by atoms with Crippen LogP contribution in [0.3, 0.4) is 0 Å². The lowest BCUT2D eigenvalue weighted by molar-refractivity contribution is 0.0918. The molecular weight excluding hydrogens is 436 g/mol. The van der Waals surface area contributed by atoms with Gasteiger partial charge in [-0.25, -0.2) is 15.0 Å². The number of aryl methyl sites for hydroxylation is 1. The summed E-state index contributed by atoms with van der Waals surface area (Å²) in [6.45, 7) is 2.76. The zero-order chi connectivity index (χ0) is 24.2. The molecule has 1 aliphatic rings. The lowest BCUT2D eigenvalue weighted by Gasteiger charge is -2.40. The van der Waals surface area contributed by atoms with Gasteiger partial charge >= 0.3 is 0 Å². The van der Waals surface area contributed by atoms with E-state index in [2.05, 4.69) is 40.9 Å². The van der Waals surface area contributed by atoms with E-state index in [1.54, 1.807) is 43.4 Å². The molecule has 1 saturated heterocycles. The van der Waals surface area contributed by atoms with Gasteiger partial charge in [-0.05, 0) is 31.9 Å². The first kappa shape index (κ1) is 23.0. The van der Waals surface area contributed by atoms with E-state index in [1.807, 2.05) is 13.0 Å². The highest BCUT2D eigenvalue weighted by Crippen LogP contribution is 2.26. The smallest absolute Gasteiger partial charge is 0.271 e. The number of nitrogens with two attached hydrogens (primary N) is 1. The van der Waals surface area contributed by atoms with Gasteiger partial charge in [0.2, 0.25) is 0 Å². The highest BCUT2D eigenvalue weighted by atomic mass is 16.2. The molecule has 0 saturated carbocycles. The molecule has 12 nitrogen and oxygen atoms in total. The van der Waals surface area contributed by atoms with Crippen LogP contribution < -0.4 is 26.6 Å². The van der Waals surface area contributed by atoms with Gasteiger partial charge in [0, 0.05) is 38.9 Å². The predicted molar refractivity (Wildman–Crippen MR) is 128 cm³/mol. The van der Waals surface area contributed by atoms with Gasteiger partial charge in [0.1, 0.15) is 11.5 Å². The van der Waals surface area contributed by atoms with E-state index >= 15 is 0 Å². The third-order valence-corrected chi connectivity index (χ3v) is 5.84. The molecule has 0 bridgehead atoms. The largest absolute Gasteiger partial charge is 0.387 e. The Bertz CT molecular complexity index is 1180. The average molecular weight is 465 g/mol. The lowest BCUT2D eigenvalue weighted by atomic mass is 9.97. The molecule has 3 aromatic rings. The standard InChI is InChI=1S/C22H28N10O2/c1-13-16(29-22(34)17-7-6-14(24-2)9-25-17)5-4-8-32(13)18-11-26-19(20(23)33)21(30-18)28-15-10-27-31(3)12-15/h6-7,9-13,16,24H,4-5,8H2,1-3H3,(H2,23,33)(H,28,30)(H,29,34)/t13-,16-/m1/s1. The number of carbonyl (C=O) groups excluding carboxylic acids is 2. The van der Waals surface area contributed by atoms with Crippen molar-refractivity contribution >= 4 is 34.8 Å². The van der Waals surface area contributed by atoms with Crippen molar-refractivity contribution in [1.82, 2.24) is 30.0 Å². The maximum atomic E-state index is 12.8. The zero-order valence-electron chi connectivity index (χ0n) is 19.3. The number of carbonyl (C=O) groups is 2. The maximum Gasteiger partial charge on any atom is 0.271 e. The molecule has 0 unspecified atom stereocenters. The van der Waals surface area contributed by atoms with Gasteiger partial charge in [-0.1, -0.05) is 0 Å². The predicted octanol–water partition coefficient (Wildman–Crippen LogP) is 1.28. The van der Waals surface area contributed by atoms with Crippen molar-refractivity contribution < 1.29 is 9.59 Å². The summed E-state index contributed by atoms with van der Waals surface area (Å²) in [7, 11) is 3.59. The molecule has 0 radical (unpaired) electrons. The summed E-state index contributed by atoms with van der Waals surface area (Å²) < 4.78 is 1.63. The third kappa shape index (κ3) is 4.90. The fraction of sp³-hybridized carbons (Fsp3) is 0.364. The molecule has 4 heterocycles. The number of hydrogen-bond donors (Lipinski definition) is 4. The first-order valence-corrected chi connectivity index (χ1v) is 11.0. The van der Waals surface area contributed by atoms with Crippen LogP contribution in [0.25, 0.3) is 0 Å². The van der Waals surface area contributed by atoms with E-state index < -0.39 is 5.91 Å². The lowest BCUT2D eigenvalue weighted by Crippen LogP contribution is -2.54. The van der Waals surface area contributed by atoms with Crippen LogP contribution in [-0.2, 0) is 7.05 Å². The fourth-order valence-corrected chi connectivity index (χ4v) is 3.99. The number of nitrogens with zero attached hydrogens (tertiary/aromatic N) is 6. The summed E-state index contributed by atoms with van der Waals surface area (Å²) in [5, 5.41) is 13.3. The van der Waals surface area contributed by atoms with E-state index in [1.165, 1.54) is 6.20 Å². The third-order valence-electron chi connectivity index (χ3n) is 5.84. The number of aromatic nitrogens is 5. The molecule has 34 heavy (non-hydrogen) atoms. The summed E-state index contributed by atoms with van der Waals surface area (Å²) in [6.07, 6.45) is 8.21. The molecule has 3 aromatic heterocycles. The topological polar surface area (TPSA) is 156 Å². The molecule has 5 N–H and O–H groups in total. The summed E-state index contributed by atoms with van der Waals surface area (Å²) in [6, 6.07) is 3.33. The Labute approximate surface area is 197 Å². The molecule has 1 aliphatic heterocycles. The van der Waals surface area contributed by atoms with Crippen molar-refractivity contribution in [3.05, 3.63) is 48.3 Å². The number of piperidine rings is 1. The average Bonchev–Trinajstić information content (AvgIpc) is 3.24. The molecule has 0 spiro atoms. The van der Waals surface area contributed by atoms with Gasteiger partial charge in [-0.15, -0.1) is 0 Å². The van der Waals surface area contributed by atoms with Crippen LogP contribution in [0.5, 0.6) is 0 Å². The Kier molecular flexibility index (Phi) is 6.57. The van der Waals surface area contributed by atoms with E-state index in [-0.39, 0.29) is 29.5 Å². The number of amides is 2. The molecule has 0 aromatic carbocycles. The van der Waals surface area contributed by atoms with Crippen LogP contribution in [-0.4, -0.2) is 62.2 Å². The van der Waals surface area contributed by atoms with Crippen LogP contribution in [0.4, 0.5) is 23.0 Å². The van der Waals surface area contributed by atoms with E-state index in [4.69, 9.17) is 5.73 Å². The van der Waals surface area contributed by atoms with Gasteiger partial charge < -0.3 is 26.6 Å². The minimum atomic E-state index is -0.681. The maximum absolute atomic E-state index is 12.8. The normalized spacial score (nSPS) is 17.8. The molecular formula is C22H28N10O2. The number of primary amides is 1. The number of nitrogens with one attached hydrogen (secondary N) is 3. The van der Waals surface area contributed by atoms with Crippen LogP contribution >= 0.6 is 0 Å². The first-order valence-electron chi connectivity index (χ1n) is 11.0. The highest BCUT2D eigenvalue weighted by Gasteiger charge is 2.31. The second kappa shape index (κ2) is 9.73. The Morgan fingerprint density at radius 2 is 1.97 bits per heavy atom. The molecule has 0 aliphatic carbocycles. The Morgan fingerprint density at radius 3 is 2.62 bits per heavy atom. The van der Waals surface area contributed by atoms with Gasteiger partial charge in [0.25, 0.3) is 11.8 Å². The second-order valence-corrected chi connectivity index (χ2v) is 8.16. The van der Waals surface area contributed by atoms with Crippen molar-refractivity contribution in [3.63, 3.8) is 0 Å². The Morgan fingerprint density at radius 1 is 1.15 bits per heavy atom. The molecule has 12 heteroatoms. The van der Waals surface area contributed by atoms with Crippen LogP contribution in [0, 0.1) is 0 Å². The second-order valence-electron chi connectivity index (χ2n) is 8.16. The van der Waals surface area contributed by atoms with Crippen LogP contribution in [0.2, 0.25) is 0 Å². The summed E-state index contributed by atoms with van der Waals surface area (Å²) >= 11 is 0. The zero-order valence-corrected chi connectivity index (χ0v) is 19.3. The van der Waals surface area contributed by atoms with Gasteiger partial charge in [0.15, 0.2) is 11.5 Å². The quantitative estimate of drug-likeness (QED) is 0.404. The van der Waals surface area contributed by atoms with Crippen molar-refractivity contribution in [3.8, 4) is 0 Å². The summed E-state index contributed by atoms with van der Waals surface area (Å²) in [4.78, 5) is 39.9. The fourth-order valence-electron chi connectivity index (χ4n) is 3.99. The van der Waals surface area contributed by atoms with E-state index in [0.717, 1.165) is 25.1 Å². The van der Waals surface area contributed by atoms with Crippen LogP contribution in [0.15, 0.2) is 36.9 Å². The molecule has 178 valence electrons. The molecule has 2 atom stereocenters. The monoisotopic (exact) mass is 464 g/mol. The Hall–Kier alpha value is -4.22. The first-order chi connectivity index (χ1) is 16.4. The molecule has 4 rings (SSSR count). The Balaban J connectivity index is 1.53. The van der Waals surface area contributed by atoms with Crippen molar-refractivity contribution in [2.45, 2.75) is 31.8 Å². The van der Waals surface area contributed by atoms with E-state index in [0.29, 0.717) is 17.2 Å². The van der Waals surface area contributed by atoms with Crippen LogP contribution in [0.1, 0.15) is 40.7 Å². The number of pyridine rings is 1. The van der Waals surface area contributed by atoms with Crippen molar-refractivity contribution in [2.75, 3.05) is 29.1 Å². The summed E-state index contributed by atoms with van der Waals surface area (Å²) in [5.74, 6) is -0.0703. The SMILES string of the molecule is CNc1ccc(C(=O)N[C@@H]2CCCN(c3cnc(C(N)=O)c(Nc4cnn(C)c4)n3)[C@@H]2C)nc1. The summed E-state index contributed by atoms with van der Waals surface area (Å²) in [5.41, 5.74) is 7.40. The van der Waals surface area contributed by atoms with Crippen molar-refractivity contribution in [2.24, 2.45) is 12.8 Å². The van der Waals surface area contributed by atoms with Gasteiger partial charge in [-0.3, -0.25) is 14.3 Å². The van der Waals surface area contributed by atoms with Gasteiger partial charge in [-0.2, -0.15) is 5.10 Å². The van der Waals surface area contributed by atoms with Gasteiger partial charge in [0.05, 0.1) is 30.0 Å². The number of rotatable bonds is 7. The molecule has 2 amide bonds. The molecule has 1 fully saturated rings.